The van der Waals surface area contributed by atoms with Gasteiger partial charge in [-0.05, 0) is 35.9 Å². The smallest absolute Gasteiger partial charge is 0.414 e. The zero-order valence-corrected chi connectivity index (χ0v) is 15.0. The minimum Gasteiger partial charge on any atom is -0.449 e. The van der Waals surface area contributed by atoms with Crippen molar-refractivity contribution in [1.82, 2.24) is 4.98 Å². The number of rotatable bonds is 5. The second kappa shape index (κ2) is 7.92. The molecule has 1 atom stereocenters. The van der Waals surface area contributed by atoms with Crippen LogP contribution < -0.4 is 4.90 Å². The molecule has 1 unspecified atom stereocenters. The van der Waals surface area contributed by atoms with Gasteiger partial charge in [-0.3, -0.25) is 9.88 Å². The average molecular weight is 374 g/mol. The molecule has 3 aromatic rings. The average Bonchev–Trinajstić information content (AvgIpc) is 3.19. The maximum Gasteiger partial charge on any atom is 0.414 e. The number of esters is 1. The first-order valence-corrected chi connectivity index (χ1v) is 8.92. The molecule has 0 radical (unpaired) electrons. The molecule has 0 saturated carbocycles. The van der Waals surface area contributed by atoms with Crippen molar-refractivity contribution in [2.75, 3.05) is 18.1 Å². The summed E-state index contributed by atoms with van der Waals surface area (Å²) < 4.78 is 10.8. The fraction of sp³-hybridized carbons (Fsp3) is 0.136. The van der Waals surface area contributed by atoms with Crippen LogP contribution in [0.1, 0.15) is 27.6 Å². The van der Waals surface area contributed by atoms with Crippen LogP contribution in [-0.4, -0.2) is 30.2 Å². The predicted octanol–water partition coefficient (Wildman–Crippen LogP) is 3.98. The summed E-state index contributed by atoms with van der Waals surface area (Å²) in [5, 5.41) is 0. The summed E-state index contributed by atoms with van der Waals surface area (Å²) in [6, 6.07) is 20.0. The zero-order chi connectivity index (χ0) is 19.3. The summed E-state index contributed by atoms with van der Waals surface area (Å²) in [5.74, 6) is -0.472. The number of hydrogen-bond acceptors (Lipinski definition) is 5. The Morgan fingerprint density at radius 1 is 1.00 bits per heavy atom. The SMILES string of the molecule is O=C(OC(c1ccccc1)c1ccncc1)c1cccc(N2CCOC2=O)c1. The molecule has 2 aromatic carbocycles. The van der Waals surface area contributed by atoms with Crippen LogP contribution in [-0.2, 0) is 9.47 Å². The van der Waals surface area contributed by atoms with E-state index in [1.165, 1.54) is 4.90 Å². The van der Waals surface area contributed by atoms with Gasteiger partial charge < -0.3 is 9.47 Å². The van der Waals surface area contributed by atoms with Gasteiger partial charge in [-0.1, -0.05) is 36.4 Å². The van der Waals surface area contributed by atoms with Gasteiger partial charge >= 0.3 is 12.1 Å². The Morgan fingerprint density at radius 3 is 2.46 bits per heavy atom. The first kappa shape index (κ1) is 17.7. The van der Waals surface area contributed by atoms with Crippen LogP contribution in [0.5, 0.6) is 0 Å². The number of ether oxygens (including phenoxy) is 2. The van der Waals surface area contributed by atoms with Crippen molar-refractivity contribution >= 4 is 17.7 Å². The molecule has 0 bridgehead atoms. The second-order valence-corrected chi connectivity index (χ2v) is 6.29. The van der Waals surface area contributed by atoms with Crippen molar-refractivity contribution in [2.45, 2.75) is 6.10 Å². The molecule has 4 rings (SSSR count). The molecule has 1 aliphatic rings. The monoisotopic (exact) mass is 374 g/mol. The van der Waals surface area contributed by atoms with Crippen molar-refractivity contribution in [3.8, 4) is 0 Å². The summed E-state index contributed by atoms with van der Waals surface area (Å²) in [6.45, 7) is 0.798. The van der Waals surface area contributed by atoms with Gasteiger partial charge in [0.2, 0.25) is 0 Å². The Morgan fingerprint density at radius 2 is 1.75 bits per heavy atom. The van der Waals surface area contributed by atoms with Crippen molar-refractivity contribution in [1.29, 1.82) is 0 Å². The summed E-state index contributed by atoms with van der Waals surface area (Å²) in [4.78, 5) is 30.2. The molecule has 0 aliphatic carbocycles. The van der Waals surface area contributed by atoms with Crippen LogP contribution in [0.3, 0.4) is 0 Å². The van der Waals surface area contributed by atoms with Crippen LogP contribution in [0.2, 0.25) is 0 Å². The molecule has 1 aromatic heterocycles. The second-order valence-electron chi connectivity index (χ2n) is 6.29. The number of hydrogen-bond donors (Lipinski definition) is 0. The lowest BCUT2D eigenvalue weighted by Gasteiger charge is -2.19. The van der Waals surface area contributed by atoms with E-state index in [2.05, 4.69) is 4.98 Å². The quantitative estimate of drug-likeness (QED) is 0.632. The Bertz CT molecular complexity index is 937. The largest absolute Gasteiger partial charge is 0.449 e. The third kappa shape index (κ3) is 3.71. The molecule has 140 valence electrons. The van der Waals surface area contributed by atoms with Crippen LogP contribution in [0, 0.1) is 0 Å². The van der Waals surface area contributed by atoms with E-state index in [9.17, 15) is 9.59 Å². The third-order valence-corrected chi connectivity index (χ3v) is 4.49. The molecule has 2 heterocycles. The van der Waals surface area contributed by atoms with Crippen LogP contribution >= 0.6 is 0 Å². The Labute approximate surface area is 162 Å². The van der Waals surface area contributed by atoms with Gasteiger partial charge in [0.15, 0.2) is 6.10 Å². The number of carbonyl (C=O) groups excluding carboxylic acids is 2. The molecule has 1 fully saturated rings. The molecule has 28 heavy (non-hydrogen) atoms. The van der Waals surface area contributed by atoms with Gasteiger partial charge in [0.25, 0.3) is 0 Å². The van der Waals surface area contributed by atoms with Gasteiger partial charge in [-0.15, -0.1) is 0 Å². The predicted molar refractivity (Wildman–Crippen MR) is 103 cm³/mol. The maximum absolute atomic E-state index is 12.9. The third-order valence-electron chi connectivity index (χ3n) is 4.49. The lowest BCUT2D eigenvalue weighted by atomic mass is 10.0. The molecule has 0 spiro atoms. The molecule has 6 heteroatoms. The van der Waals surface area contributed by atoms with E-state index < -0.39 is 18.2 Å². The van der Waals surface area contributed by atoms with E-state index in [0.717, 1.165) is 11.1 Å². The van der Waals surface area contributed by atoms with Gasteiger partial charge in [0.05, 0.1) is 12.1 Å². The number of aromatic nitrogens is 1. The van der Waals surface area contributed by atoms with Crippen molar-refractivity contribution in [3.05, 3.63) is 95.8 Å². The van der Waals surface area contributed by atoms with Crippen molar-refractivity contribution < 1.29 is 19.1 Å². The molecular formula is C22H18N2O4. The highest BCUT2D eigenvalue weighted by Gasteiger charge is 2.25. The van der Waals surface area contributed by atoms with Gasteiger partial charge in [0, 0.05) is 23.6 Å². The summed E-state index contributed by atoms with van der Waals surface area (Å²) in [5.41, 5.74) is 2.67. The molecule has 6 nitrogen and oxygen atoms in total. The highest BCUT2D eigenvalue weighted by atomic mass is 16.6. The lowest BCUT2D eigenvalue weighted by Crippen LogP contribution is -2.23. The first-order valence-electron chi connectivity index (χ1n) is 8.92. The minimum atomic E-state index is -0.558. The molecule has 1 amide bonds. The van der Waals surface area contributed by atoms with E-state index in [1.807, 2.05) is 42.5 Å². The van der Waals surface area contributed by atoms with Crippen LogP contribution in [0.4, 0.5) is 10.5 Å². The van der Waals surface area contributed by atoms with Gasteiger partial charge in [-0.2, -0.15) is 0 Å². The number of cyclic esters (lactones) is 1. The fourth-order valence-corrected chi connectivity index (χ4v) is 3.10. The van der Waals surface area contributed by atoms with Gasteiger partial charge in [-0.25, -0.2) is 9.59 Å². The summed E-state index contributed by atoms with van der Waals surface area (Å²) in [6.07, 6.45) is 2.36. The summed E-state index contributed by atoms with van der Waals surface area (Å²) in [7, 11) is 0. The molecule has 1 aliphatic heterocycles. The first-order chi connectivity index (χ1) is 13.7. The standard InChI is InChI=1S/C22H18N2O4/c25-21(18-7-4-8-19(15-18)24-13-14-27-22(24)26)28-20(16-5-2-1-3-6-16)17-9-11-23-12-10-17/h1-12,15,20H,13-14H2. The Hall–Kier alpha value is -3.67. The van der Waals surface area contributed by atoms with E-state index >= 15 is 0 Å². The molecular weight excluding hydrogens is 356 g/mol. The van der Waals surface area contributed by atoms with E-state index in [0.29, 0.717) is 24.4 Å². The molecule has 1 saturated heterocycles. The fourth-order valence-electron chi connectivity index (χ4n) is 3.10. The van der Waals surface area contributed by atoms with E-state index in [1.54, 1.807) is 36.7 Å². The normalized spacial score (nSPS) is 14.4. The number of benzene rings is 2. The van der Waals surface area contributed by atoms with E-state index in [4.69, 9.17) is 9.47 Å². The zero-order valence-electron chi connectivity index (χ0n) is 15.0. The number of amides is 1. The van der Waals surface area contributed by atoms with Crippen LogP contribution in [0.15, 0.2) is 79.1 Å². The van der Waals surface area contributed by atoms with Gasteiger partial charge in [0.1, 0.15) is 6.61 Å². The Balaban J connectivity index is 1.61. The number of pyridine rings is 1. The minimum absolute atomic E-state index is 0.339. The summed E-state index contributed by atoms with van der Waals surface area (Å²) >= 11 is 0. The topological polar surface area (TPSA) is 68.7 Å². The highest BCUT2D eigenvalue weighted by molar-refractivity contribution is 5.94. The number of nitrogens with zero attached hydrogens (tertiary/aromatic N) is 2. The number of anilines is 1. The highest BCUT2D eigenvalue weighted by Crippen LogP contribution is 2.28. The lowest BCUT2D eigenvalue weighted by molar-refractivity contribution is 0.0378. The van der Waals surface area contributed by atoms with Crippen molar-refractivity contribution in [3.63, 3.8) is 0 Å². The maximum atomic E-state index is 12.9. The number of carbonyl (C=O) groups is 2. The van der Waals surface area contributed by atoms with E-state index in [-0.39, 0.29) is 0 Å². The Kier molecular flexibility index (Phi) is 5.01. The van der Waals surface area contributed by atoms with Crippen molar-refractivity contribution in [2.24, 2.45) is 0 Å². The van der Waals surface area contributed by atoms with Crippen LogP contribution in [0.25, 0.3) is 0 Å². The molecule has 0 N–H and O–H groups in total.